The van der Waals surface area contributed by atoms with Crippen molar-refractivity contribution in [3.63, 3.8) is 0 Å². The number of nitrogens with two attached hydrogens (primary N) is 1. The van der Waals surface area contributed by atoms with E-state index in [1.165, 1.54) is 4.68 Å². The van der Waals surface area contributed by atoms with E-state index < -0.39 is 0 Å². The van der Waals surface area contributed by atoms with E-state index in [-0.39, 0.29) is 17.7 Å². The molecule has 0 aliphatic carbocycles. The Balaban J connectivity index is 2.04. The lowest BCUT2D eigenvalue weighted by Crippen LogP contribution is -2.34. The maximum atomic E-state index is 12.1. The van der Waals surface area contributed by atoms with Crippen molar-refractivity contribution in [3.05, 3.63) is 22.6 Å². The molecule has 1 aromatic heterocycles. The highest BCUT2D eigenvalue weighted by molar-refractivity contribution is 5.44. The molecule has 1 saturated heterocycles. The molecule has 0 amide bonds. The minimum Gasteiger partial charge on any atom is -0.380 e. The molecular weight excluding hydrogens is 256 g/mol. The second-order valence-corrected chi connectivity index (χ2v) is 5.38. The second-order valence-electron chi connectivity index (χ2n) is 5.38. The van der Waals surface area contributed by atoms with Gasteiger partial charge in [0.1, 0.15) is 0 Å². The summed E-state index contributed by atoms with van der Waals surface area (Å²) >= 11 is 0. The predicted molar refractivity (Wildman–Crippen MR) is 79.0 cm³/mol. The molecule has 112 valence electrons. The zero-order valence-corrected chi connectivity index (χ0v) is 12.3. The molecule has 0 saturated carbocycles. The van der Waals surface area contributed by atoms with Crippen molar-refractivity contribution in [3.8, 4) is 0 Å². The van der Waals surface area contributed by atoms with Crippen molar-refractivity contribution in [1.29, 1.82) is 0 Å². The van der Waals surface area contributed by atoms with Crippen LogP contribution >= 0.6 is 0 Å². The Morgan fingerprint density at radius 1 is 1.60 bits per heavy atom. The molecule has 2 unspecified atom stereocenters. The first-order valence-electron chi connectivity index (χ1n) is 7.24. The van der Waals surface area contributed by atoms with Crippen LogP contribution in [0.5, 0.6) is 0 Å². The molecular formula is C14H24N4O2. The van der Waals surface area contributed by atoms with Gasteiger partial charge in [-0.3, -0.25) is 4.79 Å². The van der Waals surface area contributed by atoms with Crippen LogP contribution in [-0.4, -0.2) is 42.1 Å². The summed E-state index contributed by atoms with van der Waals surface area (Å²) in [5.74, 6) is 0. The molecule has 0 aromatic carbocycles. The van der Waals surface area contributed by atoms with E-state index in [0.717, 1.165) is 38.0 Å². The Morgan fingerprint density at radius 3 is 3.00 bits per heavy atom. The summed E-state index contributed by atoms with van der Waals surface area (Å²) in [6, 6.07) is 1.63. The number of hydrogen-bond donors (Lipinski definition) is 1. The van der Waals surface area contributed by atoms with Gasteiger partial charge in [0, 0.05) is 32.3 Å². The summed E-state index contributed by atoms with van der Waals surface area (Å²) in [6.07, 6.45) is 4.90. The standard InChI is InChI=1S/C14H24N4O2/c1-3-4-11(15)9-18-14(19)7-12(8-16-18)17-6-5-13(10-17)20-2/h7-8,11,13H,3-6,9-10,15H2,1-2H3. The lowest BCUT2D eigenvalue weighted by Gasteiger charge is -2.18. The van der Waals surface area contributed by atoms with Gasteiger partial charge >= 0.3 is 0 Å². The Kier molecular flexibility index (Phi) is 5.14. The van der Waals surface area contributed by atoms with Crippen molar-refractivity contribution in [2.24, 2.45) is 5.73 Å². The lowest BCUT2D eigenvalue weighted by molar-refractivity contribution is 0.121. The van der Waals surface area contributed by atoms with E-state index in [2.05, 4.69) is 16.9 Å². The quantitative estimate of drug-likeness (QED) is 0.826. The SMILES string of the molecule is CCCC(N)Cn1ncc(N2CCC(OC)C2)cc1=O. The summed E-state index contributed by atoms with van der Waals surface area (Å²) in [5.41, 5.74) is 6.74. The Labute approximate surface area is 119 Å². The maximum absolute atomic E-state index is 12.1. The van der Waals surface area contributed by atoms with Crippen molar-refractivity contribution in [1.82, 2.24) is 9.78 Å². The Hall–Kier alpha value is -1.40. The fourth-order valence-corrected chi connectivity index (χ4v) is 2.57. The number of anilines is 1. The summed E-state index contributed by atoms with van der Waals surface area (Å²) in [7, 11) is 1.72. The van der Waals surface area contributed by atoms with Gasteiger partial charge in [0.25, 0.3) is 5.56 Å². The topological polar surface area (TPSA) is 73.4 Å². The van der Waals surface area contributed by atoms with Crippen LogP contribution in [0.2, 0.25) is 0 Å². The highest BCUT2D eigenvalue weighted by atomic mass is 16.5. The molecule has 1 fully saturated rings. The minimum atomic E-state index is -0.0880. The van der Waals surface area contributed by atoms with Crippen LogP contribution in [0.4, 0.5) is 5.69 Å². The van der Waals surface area contributed by atoms with E-state index in [1.807, 2.05) is 0 Å². The number of ether oxygens (including phenoxy) is 1. The zero-order chi connectivity index (χ0) is 14.5. The van der Waals surface area contributed by atoms with E-state index in [9.17, 15) is 4.79 Å². The number of aromatic nitrogens is 2. The van der Waals surface area contributed by atoms with Crippen molar-refractivity contribution < 1.29 is 4.74 Å². The number of methoxy groups -OCH3 is 1. The molecule has 2 rings (SSSR count). The van der Waals surface area contributed by atoms with Gasteiger partial charge in [0.2, 0.25) is 0 Å². The first-order valence-corrected chi connectivity index (χ1v) is 7.24. The average molecular weight is 280 g/mol. The van der Waals surface area contributed by atoms with Gasteiger partial charge in [-0.25, -0.2) is 4.68 Å². The minimum absolute atomic E-state index is 0.0132. The molecule has 2 atom stereocenters. The molecule has 1 aromatic rings. The molecule has 2 heterocycles. The number of hydrogen-bond acceptors (Lipinski definition) is 5. The number of nitrogens with zero attached hydrogens (tertiary/aromatic N) is 3. The first kappa shape index (κ1) is 15.0. The molecule has 1 aliphatic rings. The van der Waals surface area contributed by atoms with Crippen LogP contribution in [-0.2, 0) is 11.3 Å². The maximum Gasteiger partial charge on any atom is 0.268 e. The lowest BCUT2D eigenvalue weighted by atomic mass is 10.2. The molecule has 0 spiro atoms. The smallest absolute Gasteiger partial charge is 0.268 e. The molecule has 0 bridgehead atoms. The fourth-order valence-electron chi connectivity index (χ4n) is 2.57. The van der Waals surface area contributed by atoms with Crippen LogP contribution < -0.4 is 16.2 Å². The van der Waals surface area contributed by atoms with Gasteiger partial charge in [-0.2, -0.15) is 5.10 Å². The van der Waals surface area contributed by atoms with Crippen molar-refractivity contribution >= 4 is 5.69 Å². The van der Waals surface area contributed by atoms with E-state index in [4.69, 9.17) is 10.5 Å². The van der Waals surface area contributed by atoms with Gasteiger partial charge in [-0.1, -0.05) is 13.3 Å². The molecule has 1 aliphatic heterocycles. The zero-order valence-electron chi connectivity index (χ0n) is 12.3. The van der Waals surface area contributed by atoms with Gasteiger partial charge < -0.3 is 15.4 Å². The highest BCUT2D eigenvalue weighted by Gasteiger charge is 2.22. The van der Waals surface area contributed by atoms with Crippen molar-refractivity contribution in [2.45, 2.75) is 44.9 Å². The molecule has 6 nitrogen and oxygen atoms in total. The van der Waals surface area contributed by atoms with E-state index >= 15 is 0 Å². The van der Waals surface area contributed by atoms with Crippen LogP contribution in [0, 0.1) is 0 Å². The molecule has 6 heteroatoms. The van der Waals surface area contributed by atoms with Gasteiger partial charge in [-0.05, 0) is 12.8 Å². The van der Waals surface area contributed by atoms with Crippen molar-refractivity contribution in [2.75, 3.05) is 25.1 Å². The van der Waals surface area contributed by atoms with Crippen LogP contribution in [0.25, 0.3) is 0 Å². The monoisotopic (exact) mass is 280 g/mol. The summed E-state index contributed by atoms with van der Waals surface area (Å²) in [6.45, 7) is 4.28. The molecule has 0 radical (unpaired) electrons. The second kappa shape index (κ2) is 6.85. The molecule has 20 heavy (non-hydrogen) atoms. The van der Waals surface area contributed by atoms with Gasteiger partial charge in [0.05, 0.1) is 24.5 Å². The normalized spacial score (nSPS) is 20.4. The predicted octanol–water partition coefficient (Wildman–Crippen LogP) is 0.596. The van der Waals surface area contributed by atoms with Gasteiger partial charge in [0.15, 0.2) is 0 Å². The summed E-state index contributed by atoms with van der Waals surface area (Å²) < 4.78 is 6.79. The molecule has 2 N–H and O–H groups in total. The summed E-state index contributed by atoms with van der Waals surface area (Å²) in [4.78, 5) is 14.2. The van der Waals surface area contributed by atoms with Crippen LogP contribution in [0.1, 0.15) is 26.2 Å². The first-order chi connectivity index (χ1) is 9.63. The summed E-state index contributed by atoms with van der Waals surface area (Å²) in [5, 5.41) is 4.24. The Bertz CT molecular complexity index is 488. The fraction of sp³-hybridized carbons (Fsp3) is 0.714. The van der Waals surface area contributed by atoms with Crippen LogP contribution in [0.3, 0.4) is 0 Å². The third kappa shape index (κ3) is 3.58. The van der Waals surface area contributed by atoms with Crippen LogP contribution in [0.15, 0.2) is 17.1 Å². The Morgan fingerprint density at radius 2 is 2.40 bits per heavy atom. The van der Waals surface area contributed by atoms with E-state index in [1.54, 1.807) is 19.4 Å². The van der Waals surface area contributed by atoms with E-state index in [0.29, 0.717) is 6.54 Å². The highest BCUT2D eigenvalue weighted by Crippen LogP contribution is 2.19. The van der Waals surface area contributed by atoms with Gasteiger partial charge in [-0.15, -0.1) is 0 Å². The largest absolute Gasteiger partial charge is 0.380 e. The number of rotatable bonds is 6. The third-order valence-corrected chi connectivity index (χ3v) is 3.77. The average Bonchev–Trinajstić information content (AvgIpc) is 2.90. The third-order valence-electron chi connectivity index (χ3n) is 3.77.